The maximum Gasteiger partial charge on any atom is 0.162 e. The zero-order chi connectivity index (χ0) is 20.4. The van der Waals surface area contributed by atoms with E-state index in [-0.39, 0.29) is 0 Å². The van der Waals surface area contributed by atoms with Crippen LogP contribution in [0.5, 0.6) is 0 Å². The SMILES string of the molecule is C/C=C\C/C=C\CC/C=C/N(C)C=Nc1c(C=O)sc2nccc(N(C)C)c12. The molecule has 28 heavy (non-hydrogen) atoms. The van der Waals surface area contributed by atoms with Crippen LogP contribution in [0.15, 0.2) is 53.8 Å². The van der Waals surface area contributed by atoms with E-state index in [1.54, 1.807) is 12.5 Å². The Morgan fingerprint density at radius 3 is 2.64 bits per heavy atom. The van der Waals surface area contributed by atoms with Gasteiger partial charge in [-0.3, -0.25) is 4.79 Å². The molecule has 0 aliphatic heterocycles. The van der Waals surface area contributed by atoms with Crippen LogP contribution in [0, 0.1) is 0 Å². The van der Waals surface area contributed by atoms with E-state index in [4.69, 9.17) is 0 Å². The number of fused-ring (bicyclic) bond motifs is 1. The van der Waals surface area contributed by atoms with E-state index in [1.165, 1.54) is 11.3 Å². The topological polar surface area (TPSA) is 48.8 Å². The molecule has 0 spiro atoms. The summed E-state index contributed by atoms with van der Waals surface area (Å²) in [6.45, 7) is 2.03. The highest BCUT2D eigenvalue weighted by Gasteiger charge is 2.16. The molecule has 0 bridgehead atoms. The average molecular weight is 397 g/mol. The number of unbranched alkanes of at least 4 members (excludes halogenated alkanes) is 1. The Hall–Kier alpha value is -2.73. The molecule has 2 rings (SSSR count). The van der Waals surface area contributed by atoms with Crippen LogP contribution in [0.4, 0.5) is 11.4 Å². The van der Waals surface area contributed by atoms with Gasteiger partial charge < -0.3 is 9.80 Å². The molecule has 0 N–H and O–H groups in total. The number of nitrogens with zero attached hydrogens (tertiary/aromatic N) is 4. The van der Waals surface area contributed by atoms with Crippen molar-refractivity contribution >= 4 is 45.6 Å². The first-order valence-electron chi connectivity index (χ1n) is 9.31. The number of carbonyl (C=O) groups excluding carboxylic acids is 1. The second-order valence-corrected chi connectivity index (χ2v) is 7.52. The van der Waals surface area contributed by atoms with Crippen LogP contribution in [0.25, 0.3) is 10.2 Å². The summed E-state index contributed by atoms with van der Waals surface area (Å²) in [6, 6.07) is 1.94. The first kappa shape index (κ1) is 21.6. The van der Waals surface area contributed by atoms with Crippen molar-refractivity contribution in [3.05, 3.63) is 53.7 Å². The number of anilines is 1. The molecule has 2 aromatic rings. The standard InChI is InChI=1S/C22H28N4OS/c1-5-6-7-8-9-10-11-12-15-26(4)17-24-21-19(16-27)28-22-20(21)18(25(2)3)13-14-23-22/h5-6,8-9,12-17H,7,10-11H2,1-4H3/b6-5-,9-8-,15-12+,24-17?. The Morgan fingerprint density at radius 2 is 1.93 bits per heavy atom. The van der Waals surface area contributed by atoms with Gasteiger partial charge in [0.25, 0.3) is 0 Å². The molecule has 2 heterocycles. The smallest absolute Gasteiger partial charge is 0.162 e. The lowest BCUT2D eigenvalue weighted by Gasteiger charge is -2.14. The van der Waals surface area contributed by atoms with Crippen molar-refractivity contribution in [2.45, 2.75) is 26.2 Å². The molecule has 0 radical (unpaired) electrons. The largest absolute Gasteiger partial charge is 0.377 e. The third-order valence-electron chi connectivity index (χ3n) is 4.04. The van der Waals surface area contributed by atoms with E-state index in [0.29, 0.717) is 10.6 Å². The molecule has 6 heteroatoms. The maximum atomic E-state index is 11.5. The van der Waals surface area contributed by atoms with Gasteiger partial charge in [0.1, 0.15) is 4.83 Å². The summed E-state index contributed by atoms with van der Waals surface area (Å²) in [4.78, 5) is 25.8. The minimum Gasteiger partial charge on any atom is -0.377 e. The first-order chi connectivity index (χ1) is 13.6. The Kier molecular flexibility index (Phi) is 8.62. The van der Waals surface area contributed by atoms with Crippen LogP contribution in [-0.4, -0.2) is 43.7 Å². The number of rotatable bonds is 10. The summed E-state index contributed by atoms with van der Waals surface area (Å²) in [7, 11) is 5.88. The molecule has 0 saturated heterocycles. The molecule has 5 nitrogen and oxygen atoms in total. The van der Waals surface area contributed by atoms with E-state index in [0.717, 1.165) is 41.5 Å². The lowest BCUT2D eigenvalue weighted by atomic mass is 10.2. The molecule has 0 aliphatic carbocycles. The number of aldehydes is 1. The molecular formula is C22H28N4OS. The summed E-state index contributed by atoms with van der Waals surface area (Å²) >= 11 is 1.37. The van der Waals surface area contributed by atoms with Gasteiger partial charge in [-0.15, -0.1) is 11.3 Å². The fraction of sp³-hybridized carbons (Fsp3) is 0.318. The number of hydrogen-bond donors (Lipinski definition) is 0. The van der Waals surface area contributed by atoms with E-state index in [1.807, 2.05) is 50.1 Å². The highest BCUT2D eigenvalue weighted by molar-refractivity contribution is 7.21. The number of thiophene rings is 1. The lowest BCUT2D eigenvalue weighted by molar-refractivity contribution is 0.112. The molecule has 0 unspecified atom stereocenters. The van der Waals surface area contributed by atoms with Gasteiger partial charge in [-0.2, -0.15) is 0 Å². The number of carbonyl (C=O) groups is 1. The summed E-state index contributed by atoms with van der Waals surface area (Å²) in [5.41, 5.74) is 1.68. The van der Waals surface area contributed by atoms with Gasteiger partial charge in [0.15, 0.2) is 6.29 Å². The highest BCUT2D eigenvalue weighted by atomic mass is 32.1. The molecular weight excluding hydrogens is 368 g/mol. The van der Waals surface area contributed by atoms with Gasteiger partial charge in [0.05, 0.1) is 28.0 Å². The second-order valence-electron chi connectivity index (χ2n) is 6.49. The number of aliphatic imine (C=N–C) groups is 1. The Bertz CT molecular complexity index is 893. The molecule has 0 aromatic carbocycles. The van der Waals surface area contributed by atoms with Crippen molar-refractivity contribution in [1.29, 1.82) is 0 Å². The fourth-order valence-corrected chi connectivity index (χ4v) is 3.56. The van der Waals surface area contributed by atoms with Crippen LogP contribution >= 0.6 is 11.3 Å². The van der Waals surface area contributed by atoms with Crippen LogP contribution in [0.2, 0.25) is 0 Å². The average Bonchev–Trinajstić information content (AvgIpc) is 3.06. The fourth-order valence-electron chi connectivity index (χ4n) is 2.64. The van der Waals surface area contributed by atoms with E-state index in [2.05, 4.69) is 40.4 Å². The molecule has 0 saturated carbocycles. The minimum atomic E-state index is 0.594. The molecule has 0 aliphatic rings. The molecule has 0 amide bonds. The molecule has 148 valence electrons. The van der Waals surface area contributed by atoms with Crippen molar-refractivity contribution in [3.63, 3.8) is 0 Å². The van der Waals surface area contributed by atoms with Crippen molar-refractivity contribution in [1.82, 2.24) is 9.88 Å². The summed E-state index contributed by atoms with van der Waals surface area (Å²) in [5.74, 6) is 0. The number of aromatic nitrogens is 1. The van der Waals surface area contributed by atoms with Gasteiger partial charge in [-0.1, -0.05) is 30.4 Å². The van der Waals surface area contributed by atoms with Gasteiger partial charge in [0, 0.05) is 33.5 Å². The minimum absolute atomic E-state index is 0.594. The Labute approximate surface area is 171 Å². The summed E-state index contributed by atoms with van der Waals surface area (Å²) in [6.07, 6.45) is 20.0. The second kappa shape index (κ2) is 11.2. The lowest BCUT2D eigenvalue weighted by Crippen LogP contribution is -2.09. The van der Waals surface area contributed by atoms with Gasteiger partial charge in [-0.25, -0.2) is 9.98 Å². The predicted molar refractivity (Wildman–Crippen MR) is 122 cm³/mol. The van der Waals surface area contributed by atoms with Crippen LogP contribution in [0.1, 0.15) is 35.9 Å². The van der Waals surface area contributed by atoms with Crippen molar-refractivity contribution in [2.24, 2.45) is 4.99 Å². The van der Waals surface area contributed by atoms with Gasteiger partial charge >= 0.3 is 0 Å². The van der Waals surface area contributed by atoms with E-state index >= 15 is 0 Å². The summed E-state index contributed by atoms with van der Waals surface area (Å²) < 4.78 is 0. The zero-order valence-electron chi connectivity index (χ0n) is 17.0. The zero-order valence-corrected chi connectivity index (χ0v) is 17.8. The first-order valence-corrected chi connectivity index (χ1v) is 10.1. The number of allylic oxidation sites excluding steroid dienone is 5. The van der Waals surface area contributed by atoms with Crippen molar-refractivity contribution in [2.75, 3.05) is 26.0 Å². The number of pyridine rings is 1. The molecule has 2 aromatic heterocycles. The Morgan fingerprint density at radius 1 is 1.14 bits per heavy atom. The van der Waals surface area contributed by atoms with Crippen molar-refractivity contribution < 1.29 is 4.79 Å². The van der Waals surface area contributed by atoms with Crippen LogP contribution in [0.3, 0.4) is 0 Å². The Balaban J connectivity index is 2.08. The quantitative estimate of drug-likeness (QED) is 0.173. The van der Waals surface area contributed by atoms with E-state index < -0.39 is 0 Å². The molecule has 0 atom stereocenters. The number of hydrogen-bond acceptors (Lipinski definition) is 5. The van der Waals surface area contributed by atoms with Crippen LogP contribution < -0.4 is 4.90 Å². The van der Waals surface area contributed by atoms with Crippen molar-refractivity contribution in [3.8, 4) is 0 Å². The monoisotopic (exact) mass is 396 g/mol. The summed E-state index contributed by atoms with van der Waals surface area (Å²) in [5, 5.41) is 0.916. The predicted octanol–water partition coefficient (Wildman–Crippen LogP) is 5.58. The van der Waals surface area contributed by atoms with E-state index in [9.17, 15) is 4.79 Å². The maximum absolute atomic E-state index is 11.5. The molecule has 0 fully saturated rings. The third-order valence-corrected chi connectivity index (χ3v) is 5.06. The normalized spacial score (nSPS) is 12.3. The highest BCUT2D eigenvalue weighted by Crippen LogP contribution is 2.40. The van der Waals surface area contributed by atoms with Gasteiger partial charge in [0.2, 0.25) is 0 Å². The van der Waals surface area contributed by atoms with Crippen LogP contribution in [-0.2, 0) is 0 Å². The third kappa shape index (κ3) is 5.89. The van der Waals surface area contributed by atoms with Gasteiger partial charge in [-0.05, 0) is 32.3 Å².